The highest BCUT2D eigenvalue weighted by molar-refractivity contribution is 5.73. The molecule has 2 aromatic rings. The third kappa shape index (κ3) is 4.89. The molecule has 25 heavy (non-hydrogen) atoms. The van der Waals surface area contributed by atoms with Gasteiger partial charge < -0.3 is 9.84 Å². The van der Waals surface area contributed by atoms with Gasteiger partial charge in [0.2, 0.25) is 0 Å². The summed E-state index contributed by atoms with van der Waals surface area (Å²) in [4.78, 5) is 16.4. The summed E-state index contributed by atoms with van der Waals surface area (Å²) in [5.74, 6) is 0.515. The molecule has 1 aliphatic rings. The van der Waals surface area contributed by atoms with Crippen molar-refractivity contribution in [3.8, 4) is 0 Å². The van der Waals surface area contributed by atoms with Gasteiger partial charge in [-0.25, -0.2) is 0 Å². The molecular formula is C21H25NO3. The molecule has 1 N–H and O–H groups in total. The molecule has 132 valence electrons. The fourth-order valence-electron chi connectivity index (χ4n) is 3.75. The Kier molecular flexibility index (Phi) is 5.82. The molecule has 1 heterocycles. The van der Waals surface area contributed by atoms with Gasteiger partial charge >= 0.3 is 5.97 Å². The van der Waals surface area contributed by atoms with Crippen molar-refractivity contribution in [2.45, 2.75) is 51.2 Å². The van der Waals surface area contributed by atoms with E-state index in [4.69, 9.17) is 4.74 Å². The average molecular weight is 339 g/mol. The van der Waals surface area contributed by atoms with Crippen LogP contribution >= 0.6 is 0 Å². The smallest absolute Gasteiger partial charge is 0.310 e. The lowest BCUT2D eigenvalue weighted by atomic mass is 9.76. The van der Waals surface area contributed by atoms with Crippen LogP contribution in [0.5, 0.6) is 0 Å². The second-order valence-electron chi connectivity index (χ2n) is 7.06. The highest BCUT2D eigenvalue weighted by Gasteiger charge is 2.28. The van der Waals surface area contributed by atoms with Crippen molar-refractivity contribution in [2.75, 3.05) is 0 Å². The predicted octanol–water partition coefficient (Wildman–Crippen LogP) is 3.63. The maximum Gasteiger partial charge on any atom is 0.310 e. The lowest BCUT2D eigenvalue weighted by Gasteiger charge is -2.31. The van der Waals surface area contributed by atoms with Gasteiger partial charge in [-0.15, -0.1) is 0 Å². The van der Waals surface area contributed by atoms with Crippen LogP contribution in [0.15, 0.2) is 48.8 Å². The van der Waals surface area contributed by atoms with Gasteiger partial charge in [0.15, 0.2) is 0 Å². The Balaban J connectivity index is 1.65. The van der Waals surface area contributed by atoms with E-state index in [0.29, 0.717) is 5.92 Å². The minimum absolute atomic E-state index is 0.219. The molecule has 0 radical (unpaired) electrons. The Hall–Kier alpha value is -2.20. The number of carbonyl (C=O) groups excluding carboxylic acids is 1. The van der Waals surface area contributed by atoms with Gasteiger partial charge in [0, 0.05) is 12.4 Å². The molecule has 1 saturated carbocycles. The van der Waals surface area contributed by atoms with Crippen molar-refractivity contribution in [2.24, 2.45) is 5.92 Å². The number of nitrogens with zero attached hydrogens (tertiary/aromatic N) is 1. The average Bonchev–Trinajstić information content (AvgIpc) is 2.60. The molecule has 0 spiro atoms. The van der Waals surface area contributed by atoms with Crippen molar-refractivity contribution in [3.05, 3.63) is 65.5 Å². The fraction of sp³-hybridized carbons (Fsp3) is 0.429. The molecule has 0 saturated heterocycles. The number of esters is 1. The van der Waals surface area contributed by atoms with Gasteiger partial charge in [0.25, 0.3) is 0 Å². The first-order valence-electron chi connectivity index (χ1n) is 8.92. The lowest BCUT2D eigenvalue weighted by Crippen LogP contribution is -2.24. The third-order valence-corrected chi connectivity index (χ3v) is 4.88. The number of pyridine rings is 1. The normalized spacial score (nSPS) is 23.2. The zero-order valence-electron chi connectivity index (χ0n) is 14.6. The summed E-state index contributed by atoms with van der Waals surface area (Å²) in [6.45, 7) is 2.46. The minimum atomic E-state index is -0.264. The molecule has 3 atom stereocenters. The molecule has 1 aliphatic carbocycles. The van der Waals surface area contributed by atoms with Crippen LogP contribution in [0.2, 0.25) is 0 Å². The first-order chi connectivity index (χ1) is 12.1. The standard InChI is InChI=1S/C21H25NO3/c1-15-9-17(11-19(23)10-15)20-7-8-22-13-18(20)12-21(24)25-14-16-5-3-2-4-6-16/h2-8,13,15,17,19,23H,9-12,14H2,1H3/t15-,17+,19-/m0/s1. The molecule has 0 unspecified atom stereocenters. The summed E-state index contributed by atoms with van der Waals surface area (Å²) in [5.41, 5.74) is 3.01. The predicted molar refractivity (Wildman–Crippen MR) is 95.9 cm³/mol. The van der Waals surface area contributed by atoms with E-state index in [1.807, 2.05) is 36.4 Å². The molecule has 0 amide bonds. The Morgan fingerprint density at radius 1 is 1.20 bits per heavy atom. The molecular weight excluding hydrogens is 314 g/mol. The van der Waals surface area contributed by atoms with Crippen molar-refractivity contribution >= 4 is 5.97 Å². The van der Waals surface area contributed by atoms with E-state index in [9.17, 15) is 9.90 Å². The molecule has 4 nitrogen and oxygen atoms in total. The largest absolute Gasteiger partial charge is 0.461 e. The summed E-state index contributed by atoms with van der Waals surface area (Å²) in [6.07, 6.45) is 6.12. The molecule has 4 heteroatoms. The van der Waals surface area contributed by atoms with E-state index in [-0.39, 0.29) is 31.0 Å². The molecule has 0 aliphatic heterocycles. The zero-order chi connectivity index (χ0) is 17.6. The van der Waals surface area contributed by atoms with Crippen LogP contribution < -0.4 is 0 Å². The highest BCUT2D eigenvalue weighted by Crippen LogP contribution is 2.37. The Morgan fingerprint density at radius 2 is 2.00 bits per heavy atom. The Labute approximate surface area is 148 Å². The SMILES string of the molecule is C[C@@H]1C[C@H](O)C[C@H](c2ccncc2CC(=O)OCc2ccccc2)C1. The van der Waals surface area contributed by atoms with Crippen LogP contribution in [0.1, 0.15) is 48.8 Å². The monoisotopic (exact) mass is 339 g/mol. The van der Waals surface area contributed by atoms with Crippen LogP contribution in [0.25, 0.3) is 0 Å². The van der Waals surface area contributed by atoms with E-state index in [1.54, 1.807) is 12.4 Å². The third-order valence-electron chi connectivity index (χ3n) is 4.88. The van der Waals surface area contributed by atoms with Crippen LogP contribution in [0.4, 0.5) is 0 Å². The number of ether oxygens (including phenoxy) is 1. The number of carbonyl (C=O) groups is 1. The summed E-state index contributed by atoms with van der Waals surface area (Å²) >= 11 is 0. The topological polar surface area (TPSA) is 59.4 Å². The highest BCUT2D eigenvalue weighted by atomic mass is 16.5. The van der Waals surface area contributed by atoms with Crippen molar-refractivity contribution in [1.82, 2.24) is 4.98 Å². The minimum Gasteiger partial charge on any atom is -0.461 e. The van der Waals surface area contributed by atoms with Crippen molar-refractivity contribution in [1.29, 1.82) is 0 Å². The molecule has 1 aromatic carbocycles. The van der Waals surface area contributed by atoms with Crippen molar-refractivity contribution < 1.29 is 14.6 Å². The maximum absolute atomic E-state index is 12.3. The van der Waals surface area contributed by atoms with Gasteiger partial charge in [-0.05, 0) is 53.9 Å². The number of rotatable bonds is 5. The molecule has 3 rings (SSSR count). The van der Waals surface area contributed by atoms with Gasteiger partial charge in [0.05, 0.1) is 12.5 Å². The first-order valence-corrected chi connectivity index (χ1v) is 8.92. The Bertz CT molecular complexity index is 691. The van der Waals surface area contributed by atoms with Crippen LogP contribution in [-0.4, -0.2) is 22.2 Å². The number of benzene rings is 1. The molecule has 1 fully saturated rings. The second-order valence-corrected chi connectivity index (χ2v) is 7.06. The molecule has 1 aromatic heterocycles. The second kappa shape index (κ2) is 8.26. The lowest BCUT2D eigenvalue weighted by molar-refractivity contribution is -0.144. The first kappa shape index (κ1) is 17.6. The van der Waals surface area contributed by atoms with E-state index >= 15 is 0 Å². The van der Waals surface area contributed by atoms with E-state index in [2.05, 4.69) is 11.9 Å². The van der Waals surface area contributed by atoms with Gasteiger partial charge in [-0.1, -0.05) is 37.3 Å². The van der Waals surface area contributed by atoms with Gasteiger partial charge in [-0.2, -0.15) is 0 Å². The van der Waals surface area contributed by atoms with E-state index in [1.165, 1.54) is 0 Å². The number of aliphatic hydroxyl groups excluding tert-OH is 1. The van der Waals surface area contributed by atoms with Crippen molar-refractivity contribution in [3.63, 3.8) is 0 Å². The summed E-state index contributed by atoms with van der Waals surface area (Å²) in [5, 5.41) is 10.1. The number of hydrogen-bond acceptors (Lipinski definition) is 4. The quantitative estimate of drug-likeness (QED) is 0.845. The number of aliphatic hydroxyl groups is 1. The molecule has 0 bridgehead atoms. The van der Waals surface area contributed by atoms with Crippen LogP contribution in [0, 0.1) is 5.92 Å². The zero-order valence-corrected chi connectivity index (χ0v) is 14.6. The fourth-order valence-corrected chi connectivity index (χ4v) is 3.75. The van der Waals surface area contributed by atoms with Crippen LogP contribution in [-0.2, 0) is 22.6 Å². The number of aromatic nitrogens is 1. The number of hydrogen-bond donors (Lipinski definition) is 1. The summed E-state index contributed by atoms with van der Waals surface area (Å²) in [6, 6.07) is 11.7. The summed E-state index contributed by atoms with van der Waals surface area (Å²) < 4.78 is 5.40. The maximum atomic E-state index is 12.3. The van der Waals surface area contributed by atoms with E-state index < -0.39 is 0 Å². The van der Waals surface area contributed by atoms with Crippen LogP contribution in [0.3, 0.4) is 0 Å². The summed E-state index contributed by atoms with van der Waals surface area (Å²) in [7, 11) is 0. The Morgan fingerprint density at radius 3 is 2.76 bits per heavy atom. The van der Waals surface area contributed by atoms with E-state index in [0.717, 1.165) is 36.0 Å². The van der Waals surface area contributed by atoms with Gasteiger partial charge in [0.1, 0.15) is 6.61 Å². The van der Waals surface area contributed by atoms with Gasteiger partial charge in [-0.3, -0.25) is 9.78 Å².